The van der Waals surface area contributed by atoms with Crippen molar-refractivity contribution in [3.05, 3.63) is 28.5 Å². The Hall–Kier alpha value is -1.33. The number of aryl methyl sites for hydroxylation is 1. The molecule has 0 aromatic carbocycles. The van der Waals surface area contributed by atoms with Gasteiger partial charge in [-0.25, -0.2) is 4.98 Å². The van der Waals surface area contributed by atoms with Crippen molar-refractivity contribution in [1.29, 1.82) is 0 Å². The van der Waals surface area contributed by atoms with Crippen molar-refractivity contribution in [2.24, 2.45) is 0 Å². The fourth-order valence-electron chi connectivity index (χ4n) is 4.57. The van der Waals surface area contributed by atoms with Crippen LogP contribution in [0.25, 0.3) is 11.0 Å². The van der Waals surface area contributed by atoms with Gasteiger partial charge in [0.05, 0.1) is 13.1 Å². The standard InChI is InChI=1S/C18H24ClN3OSi/c1-12-10-15(19)14-11-16(22-17(14)20-12)18(23)21-13-4-8-24(9-5-13)6-2-3-7-24/h10-11,13H,2-9H2,1H3,(H,20,22)(H,21,23). The van der Waals surface area contributed by atoms with E-state index in [-0.39, 0.29) is 5.91 Å². The van der Waals surface area contributed by atoms with Crippen LogP contribution in [0.3, 0.4) is 0 Å². The molecule has 4 heterocycles. The zero-order valence-electron chi connectivity index (χ0n) is 14.1. The van der Waals surface area contributed by atoms with Crippen molar-refractivity contribution < 1.29 is 4.79 Å². The Morgan fingerprint density at radius 1 is 1.25 bits per heavy atom. The summed E-state index contributed by atoms with van der Waals surface area (Å²) < 4.78 is 0. The van der Waals surface area contributed by atoms with Gasteiger partial charge in [-0.05, 0) is 31.9 Å². The van der Waals surface area contributed by atoms with Crippen LogP contribution in [0.2, 0.25) is 29.2 Å². The highest BCUT2D eigenvalue weighted by molar-refractivity contribution is 6.80. The van der Waals surface area contributed by atoms with E-state index in [1.807, 2.05) is 19.1 Å². The minimum Gasteiger partial charge on any atom is -0.348 e. The maximum atomic E-state index is 12.6. The number of nitrogens with one attached hydrogen (secondary N) is 2. The van der Waals surface area contributed by atoms with Crippen molar-refractivity contribution in [2.45, 2.75) is 62.8 Å². The van der Waals surface area contributed by atoms with E-state index in [2.05, 4.69) is 15.3 Å². The van der Waals surface area contributed by atoms with Gasteiger partial charge < -0.3 is 10.3 Å². The highest BCUT2D eigenvalue weighted by Gasteiger charge is 2.39. The summed E-state index contributed by atoms with van der Waals surface area (Å²) in [4.78, 5) is 20.1. The molecule has 4 rings (SSSR count). The molecule has 2 aromatic rings. The second-order valence-electron chi connectivity index (χ2n) is 7.65. The zero-order valence-corrected chi connectivity index (χ0v) is 15.9. The summed E-state index contributed by atoms with van der Waals surface area (Å²) in [7, 11) is -0.918. The van der Waals surface area contributed by atoms with Gasteiger partial charge in [0.15, 0.2) is 0 Å². The van der Waals surface area contributed by atoms with Gasteiger partial charge in [-0.3, -0.25) is 4.79 Å². The van der Waals surface area contributed by atoms with E-state index < -0.39 is 8.07 Å². The number of carbonyl (C=O) groups excluding carboxylic acids is 1. The molecule has 1 spiro atoms. The smallest absolute Gasteiger partial charge is 0.267 e. The van der Waals surface area contributed by atoms with Gasteiger partial charge >= 0.3 is 0 Å². The van der Waals surface area contributed by atoms with Crippen LogP contribution in [0.5, 0.6) is 0 Å². The summed E-state index contributed by atoms with van der Waals surface area (Å²) in [6.45, 7) is 1.90. The van der Waals surface area contributed by atoms with Crippen molar-refractivity contribution in [2.75, 3.05) is 0 Å². The minimum atomic E-state index is -0.918. The zero-order chi connectivity index (χ0) is 16.7. The number of rotatable bonds is 2. The average Bonchev–Trinajstić information content (AvgIpc) is 3.17. The molecular weight excluding hydrogens is 338 g/mol. The Kier molecular flexibility index (Phi) is 4.17. The number of aromatic nitrogens is 2. The number of nitrogens with zero attached hydrogens (tertiary/aromatic N) is 1. The van der Waals surface area contributed by atoms with Crippen LogP contribution in [0, 0.1) is 6.92 Å². The molecule has 0 unspecified atom stereocenters. The minimum absolute atomic E-state index is 0.0317. The number of hydrogen-bond acceptors (Lipinski definition) is 2. The lowest BCUT2D eigenvalue weighted by molar-refractivity contribution is 0.0929. The maximum absolute atomic E-state index is 12.6. The lowest BCUT2D eigenvalue weighted by Gasteiger charge is -2.35. The third-order valence-electron chi connectivity index (χ3n) is 5.97. The van der Waals surface area contributed by atoms with Crippen LogP contribution < -0.4 is 5.32 Å². The molecule has 1 amide bonds. The average molecular weight is 362 g/mol. The molecule has 2 saturated heterocycles. The fraction of sp³-hybridized carbons (Fsp3) is 0.556. The molecule has 2 aliphatic rings. The largest absolute Gasteiger partial charge is 0.348 e. The SMILES string of the molecule is Cc1cc(Cl)c2cc(C(=O)NC3CC[Si]4(CCCC4)CC3)[nH]c2n1. The molecule has 2 fully saturated rings. The topological polar surface area (TPSA) is 57.8 Å². The van der Waals surface area contributed by atoms with E-state index in [1.165, 1.54) is 37.0 Å². The number of hydrogen-bond donors (Lipinski definition) is 2. The van der Waals surface area contributed by atoms with E-state index in [1.54, 1.807) is 0 Å². The fourth-order valence-corrected chi connectivity index (χ4v) is 10.3. The Morgan fingerprint density at radius 3 is 2.67 bits per heavy atom. The van der Waals surface area contributed by atoms with Gasteiger partial charge in [0.1, 0.15) is 11.3 Å². The summed E-state index contributed by atoms with van der Waals surface area (Å²) >= 11 is 6.25. The van der Waals surface area contributed by atoms with Crippen LogP contribution in [0.1, 0.15) is 41.9 Å². The molecule has 0 radical (unpaired) electrons. The monoisotopic (exact) mass is 361 g/mol. The maximum Gasteiger partial charge on any atom is 0.267 e. The van der Waals surface area contributed by atoms with Gasteiger partial charge in [-0.1, -0.05) is 48.6 Å². The second kappa shape index (κ2) is 6.19. The van der Waals surface area contributed by atoms with Gasteiger partial charge in [0.2, 0.25) is 0 Å². The Balaban J connectivity index is 1.44. The second-order valence-corrected chi connectivity index (χ2v) is 13.1. The molecular formula is C18H24ClN3OSi. The lowest BCUT2D eigenvalue weighted by Crippen LogP contribution is -2.43. The predicted octanol–water partition coefficient (Wildman–Crippen LogP) is 4.66. The van der Waals surface area contributed by atoms with Crippen LogP contribution in [-0.2, 0) is 0 Å². The molecule has 0 atom stereocenters. The molecule has 4 nitrogen and oxygen atoms in total. The van der Waals surface area contributed by atoms with E-state index >= 15 is 0 Å². The quantitative estimate of drug-likeness (QED) is 0.764. The molecule has 0 aliphatic carbocycles. The third kappa shape index (κ3) is 2.99. The van der Waals surface area contributed by atoms with Gasteiger partial charge in [-0.15, -0.1) is 0 Å². The Bertz CT molecular complexity index is 772. The van der Waals surface area contributed by atoms with Crippen molar-refractivity contribution in [3.63, 3.8) is 0 Å². The van der Waals surface area contributed by atoms with Crippen LogP contribution >= 0.6 is 11.6 Å². The van der Waals surface area contributed by atoms with Gasteiger partial charge in [-0.2, -0.15) is 0 Å². The summed E-state index contributed by atoms with van der Waals surface area (Å²) in [5, 5.41) is 4.67. The molecule has 2 aromatic heterocycles. The number of halogens is 1. The molecule has 24 heavy (non-hydrogen) atoms. The first-order chi connectivity index (χ1) is 11.5. The predicted molar refractivity (Wildman–Crippen MR) is 101 cm³/mol. The number of fused-ring (bicyclic) bond motifs is 1. The molecule has 0 saturated carbocycles. The summed E-state index contributed by atoms with van der Waals surface area (Å²) in [5.74, 6) is -0.0317. The van der Waals surface area contributed by atoms with E-state index in [4.69, 9.17) is 11.6 Å². The van der Waals surface area contributed by atoms with Crippen molar-refractivity contribution in [1.82, 2.24) is 15.3 Å². The van der Waals surface area contributed by atoms with E-state index in [0.29, 0.717) is 22.4 Å². The molecule has 0 bridgehead atoms. The normalized spacial score (nSPS) is 20.8. The van der Waals surface area contributed by atoms with Crippen LogP contribution in [0.15, 0.2) is 12.1 Å². The lowest BCUT2D eigenvalue weighted by atomic mass is 10.1. The van der Waals surface area contributed by atoms with Gasteiger partial charge in [0.25, 0.3) is 5.91 Å². The highest BCUT2D eigenvalue weighted by Crippen LogP contribution is 2.42. The van der Waals surface area contributed by atoms with Crippen LogP contribution in [0.4, 0.5) is 0 Å². The third-order valence-corrected chi connectivity index (χ3v) is 11.8. The molecule has 2 aliphatic heterocycles. The number of H-pyrrole nitrogens is 1. The summed E-state index contributed by atoms with van der Waals surface area (Å²) in [5.41, 5.74) is 2.09. The number of aromatic amines is 1. The first-order valence-corrected chi connectivity index (χ1v) is 12.2. The Morgan fingerprint density at radius 2 is 1.96 bits per heavy atom. The summed E-state index contributed by atoms with van der Waals surface area (Å²) in [6.07, 6.45) is 5.23. The molecule has 6 heteroatoms. The number of pyridine rings is 1. The number of carbonyl (C=O) groups is 1. The first kappa shape index (κ1) is 16.2. The summed E-state index contributed by atoms with van der Waals surface area (Å²) in [6, 6.07) is 9.82. The van der Waals surface area contributed by atoms with Crippen molar-refractivity contribution >= 4 is 36.6 Å². The Labute approximate surface area is 148 Å². The highest BCUT2D eigenvalue weighted by atomic mass is 35.5. The van der Waals surface area contributed by atoms with E-state index in [9.17, 15) is 4.79 Å². The molecule has 2 N–H and O–H groups in total. The van der Waals surface area contributed by atoms with Crippen LogP contribution in [-0.4, -0.2) is 30.0 Å². The number of amides is 1. The molecule has 128 valence electrons. The van der Waals surface area contributed by atoms with Gasteiger partial charge in [0, 0.05) is 17.1 Å². The van der Waals surface area contributed by atoms with E-state index in [0.717, 1.165) is 23.9 Å². The first-order valence-electron chi connectivity index (χ1n) is 9.01. The van der Waals surface area contributed by atoms with Crippen molar-refractivity contribution in [3.8, 4) is 0 Å².